The van der Waals surface area contributed by atoms with E-state index in [1.165, 1.54) is 12.8 Å². The molecule has 0 heterocycles. The predicted octanol–water partition coefficient (Wildman–Crippen LogP) is -0.251. The van der Waals surface area contributed by atoms with Crippen LogP contribution in [0.2, 0.25) is 0 Å². The number of amides is 2. The maximum absolute atomic E-state index is 10.3. The van der Waals surface area contributed by atoms with E-state index >= 15 is 0 Å². The van der Waals surface area contributed by atoms with Gasteiger partial charge in [-0.15, -0.1) is 0 Å². The van der Waals surface area contributed by atoms with Gasteiger partial charge in [0.1, 0.15) is 0 Å². The van der Waals surface area contributed by atoms with Crippen molar-refractivity contribution in [2.24, 2.45) is 5.73 Å². The minimum atomic E-state index is -0.436. The van der Waals surface area contributed by atoms with E-state index in [0.717, 1.165) is 12.6 Å². The first-order valence-electron chi connectivity index (χ1n) is 3.93. The van der Waals surface area contributed by atoms with Crippen molar-refractivity contribution in [3.63, 3.8) is 0 Å². The lowest BCUT2D eigenvalue weighted by atomic mass is 10.5. The summed E-state index contributed by atoms with van der Waals surface area (Å²) in [5.74, 6) is 0. The van der Waals surface area contributed by atoms with Crippen molar-refractivity contribution in [1.29, 1.82) is 0 Å². The second-order valence-corrected chi connectivity index (χ2v) is 3.00. The van der Waals surface area contributed by atoms with Crippen LogP contribution in [0.4, 0.5) is 4.79 Å². The number of hydrogen-bond donors (Lipinski definition) is 2. The molecule has 1 rings (SSSR count). The van der Waals surface area contributed by atoms with Gasteiger partial charge in [-0.1, -0.05) is 0 Å². The normalized spacial score (nSPS) is 16.9. The number of carbonyl (C=O) groups excluding carboxylic acids is 1. The molecular weight excluding hydrogens is 142 g/mol. The van der Waals surface area contributed by atoms with Crippen molar-refractivity contribution in [1.82, 2.24) is 10.2 Å². The fourth-order valence-corrected chi connectivity index (χ4v) is 1.05. The molecule has 0 radical (unpaired) electrons. The zero-order valence-electron chi connectivity index (χ0n) is 6.84. The minimum absolute atomic E-state index is 0.436. The first-order chi connectivity index (χ1) is 5.20. The fraction of sp³-hybridized carbons (Fsp3) is 0.857. The van der Waals surface area contributed by atoms with Gasteiger partial charge < -0.3 is 16.0 Å². The van der Waals surface area contributed by atoms with Crippen LogP contribution in [0.25, 0.3) is 0 Å². The van der Waals surface area contributed by atoms with Crippen molar-refractivity contribution in [2.45, 2.75) is 18.9 Å². The van der Waals surface area contributed by atoms with Gasteiger partial charge in [0.05, 0.1) is 0 Å². The number of nitrogens with two attached hydrogens (primary N) is 1. The Morgan fingerprint density at radius 2 is 2.36 bits per heavy atom. The molecule has 4 nitrogen and oxygen atoms in total. The summed E-state index contributed by atoms with van der Waals surface area (Å²) in [5, 5.41) is 2.56. The molecule has 1 aliphatic carbocycles. The van der Waals surface area contributed by atoms with Crippen LogP contribution in [-0.4, -0.2) is 37.1 Å². The van der Waals surface area contributed by atoms with Crippen LogP contribution in [-0.2, 0) is 0 Å². The van der Waals surface area contributed by atoms with Crippen LogP contribution in [0.5, 0.6) is 0 Å². The Morgan fingerprint density at radius 3 is 2.82 bits per heavy atom. The van der Waals surface area contributed by atoms with E-state index in [-0.39, 0.29) is 0 Å². The number of hydrogen-bond acceptors (Lipinski definition) is 2. The lowest BCUT2D eigenvalue weighted by Gasteiger charge is -2.14. The molecule has 0 aromatic heterocycles. The molecule has 0 spiro atoms. The highest BCUT2D eigenvalue weighted by molar-refractivity contribution is 5.71. The van der Waals surface area contributed by atoms with Crippen LogP contribution in [0, 0.1) is 0 Å². The number of rotatable bonds is 4. The molecule has 0 saturated heterocycles. The van der Waals surface area contributed by atoms with Crippen LogP contribution < -0.4 is 11.1 Å². The lowest BCUT2D eigenvalue weighted by molar-refractivity contribution is 0.246. The van der Waals surface area contributed by atoms with E-state index in [4.69, 9.17) is 5.73 Å². The molecule has 1 fully saturated rings. The number of nitrogens with one attached hydrogen (secondary N) is 1. The topological polar surface area (TPSA) is 58.4 Å². The van der Waals surface area contributed by atoms with Gasteiger partial charge >= 0.3 is 6.03 Å². The molecule has 0 aromatic rings. The third kappa shape index (κ3) is 3.23. The molecule has 1 aliphatic rings. The molecule has 64 valence electrons. The molecular formula is C7H15N3O. The van der Waals surface area contributed by atoms with Gasteiger partial charge in [-0.3, -0.25) is 0 Å². The van der Waals surface area contributed by atoms with E-state index in [1.807, 2.05) is 0 Å². The number of urea groups is 1. The Morgan fingerprint density at radius 1 is 1.73 bits per heavy atom. The van der Waals surface area contributed by atoms with Crippen molar-refractivity contribution < 1.29 is 4.79 Å². The molecule has 4 heteroatoms. The van der Waals surface area contributed by atoms with Gasteiger partial charge in [-0.05, 0) is 19.9 Å². The van der Waals surface area contributed by atoms with E-state index in [9.17, 15) is 4.79 Å². The van der Waals surface area contributed by atoms with Crippen LogP contribution in [0.3, 0.4) is 0 Å². The predicted molar refractivity (Wildman–Crippen MR) is 43.2 cm³/mol. The summed E-state index contributed by atoms with van der Waals surface area (Å²) in [6.07, 6.45) is 2.60. The molecule has 1 saturated carbocycles. The highest BCUT2D eigenvalue weighted by atomic mass is 16.2. The van der Waals surface area contributed by atoms with Crippen molar-refractivity contribution >= 4 is 6.03 Å². The minimum Gasteiger partial charge on any atom is -0.352 e. The Hall–Kier alpha value is -0.770. The van der Waals surface area contributed by atoms with Crippen molar-refractivity contribution in [3.05, 3.63) is 0 Å². The van der Waals surface area contributed by atoms with Gasteiger partial charge in [-0.25, -0.2) is 4.79 Å². The number of carbonyl (C=O) groups is 1. The van der Waals surface area contributed by atoms with Gasteiger partial charge in [-0.2, -0.15) is 0 Å². The van der Waals surface area contributed by atoms with Gasteiger partial charge in [0.25, 0.3) is 0 Å². The highest BCUT2D eigenvalue weighted by Gasteiger charge is 2.25. The zero-order chi connectivity index (χ0) is 8.27. The largest absolute Gasteiger partial charge is 0.352 e. The summed E-state index contributed by atoms with van der Waals surface area (Å²) in [7, 11) is 2.07. The summed E-state index contributed by atoms with van der Waals surface area (Å²) in [6, 6.07) is 0.318. The number of nitrogens with zero attached hydrogens (tertiary/aromatic N) is 1. The highest BCUT2D eigenvalue weighted by Crippen LogP contribution is 2.24. The lowest BCUT2D eigenvalue weighted by Crippen LogP contribution is -2.36. The average molecular weight is 157 g/mol. The summed E-state index contributed by atoms with van der Waals surface area (Å²) < 4.78 is 0. The first-order valence-corrected chi connectivity index (χ1v) is 3.93. The molecule has 11 heavy (non-hydrogen) atoms. The summed E-state index contributed by atoms with van der Waals surface area (Å²) in [6.45, 7) is 1.55. The molecule has 0 unspecified atom stereocenters. The Kier molecular flexibility index (Phi) is 2.70. The van der Waals surface area contributed by atoms with E-state index < -0.39 is 6.03 Å². The maximum Gasteiger partial charge on any atom is 0.312 e. The molecule has 0 aliphatic heterocycles. The van der Waals surface area contributed by atoms with Gasteiger partial charge in [0.2, 0.25) is 0 Å². The Balaban J connectivity index is 1.97. The third-order valence-electron chi connectivity index (χ3n) is 1.93. The molecule has 3 N–H and O–H groups in total. The van der Waals surface area contributed by atoms with Crippen molar-refractivity contribution in [2.75, 3.05) is 20.1 Å². The summed E-state index contributed by atoms with van der Waals surface area (Å²) in [4.78, 5) is 12.5. The van der Waals surface area contributed by atoms with E-state index in [1.54, 1.807) is 0 Å². The summed E-state index contributed by atoms with van der Waals surface area (Å²) >= 11 is 0. The second kappa shape index (κ2) is 3.57. The van der Waals surface area contributed by atoms with Crippen molar-refractivity contribution in [3.8, 4) is 0 Å². The average Bonchev–Trinajstić information content (AvgIpc) is 2.66. The second-order valence-electron chi connectivity index (χ2n) is 3.00. The van der Waals surface area contributed by atoms with E-state index in [0.29, 0.717) is 6.54 Å². The van der Waals surface area contributed by atoms with Gasteiger partial charge in [0.15, 0.2) is 0 Å². The zero-order valence-corrected chi connectivity index (χ0v) is 6.84. The maximum atomic E-state index is 10.3. The van der Waals surface area contributed by atoms with Crippen LogP contribution in [0.15, 0.2) is 0 Å². The fourth-order valence-electron chi connectivity index (χ4n) is 1.05. The first kappa shape index (κ1) is 8.33. The third-order valence-corrected chi connectivity index (χ3v) is 1.93. The molecule has 0 aromatic carbocycles. The molecule has 2 amide bonds. The quantitative estimate of drug-likeness (QED) is 0.591. The molecule has 0 atom stereocenters. The molecule has 0 bridgehead atoms. The standard InChI is InChI=1S/C7H15N3O/c1-10(6-2-3-6)5-4-9-7(8)11/h6H,2-5H2,1H3,(H3,8,9,11). The number of primary amides is 1. The van der Waals surface area contributed by atoms with Gasteiger partial charge in [0, 0.05) is 19.1 Å². The summed E-state index contributed by atoms with van der Waals surface area (Å²) in [5.41, 5.74) is 4.90. The Bertz CT molecular complexity index is 145. The Labute approximate surface area is 66.7 Å². The van der Waals surface area contributed by atoms with Crippen LogP contribution in [0.1, 0.15) is 12.8 Å². The smallest absolute Gasteiger partial charge is 0.312 e. The monoisotopic (exact) mass is 157 g/mol. The van der Waals surface area contributed by atoms with Crippen LogP contribution >= 0.6 is 0 Å². The SMILES string of the molecule is CN(CCNC(N)=O)C1CC1. The number of likely N-dealkylation sites (N-methyl/N-ethyl adjacent to an activating group) is 1. The van der Waals surface area contributed by atoms with E-state index in [2.05, 4.69) is 17.3 Å².